The Morgan fingerprint density at radius 2 is 1.96 bits per heavy atom. The number of carbonyl (C=O) groups is 1. The molecule has 25 heavy (non-hydrogen) atoms. The van der Waals surface area contributed by atoms with Crippen LogP contribution >= 0.6 is 0 Å². The number of imidazole rings is 1. The normalized spacial score (nSPS) is 25.9. The third kappa shape index (κ3) is 2.59. The van der Waals surface area contributed by atoms with Gasteiger partial charge in [0.05, 0.1) is 11.1 Å². The summed E-state index contributed by atoms with van der Waals surface area (Å²) in [6.45, 7) is 5.02. The molecule has 3 atom stereocenters. The Morgan fingerprint density at radius 3 is 2.60 bits per heavy atom. The molecule has 2 fully saturated rings. The minimum absolute atomic E-state index is 0.0141. The first-order chi connectivity index (χ1) is 11.7. The molecule has 1 unspecified atom stereocenters. The number of carbonyl (C=O) groups excluding carboxylic acids is 1. The average molecular weight is 352 g/mol. The van der Waals surface area contributed by atoms with Crippen molar-refractivity contribution in [2.75, 3.05) is 13.1 Å². The molecule has 1 amide bonds. The van der Waals surface area contributed by atoms with Crippen LogP contribution in [0.5, 0.6) is 0 Å². The van der Waals surface area contributed by atoms with Crippen LogP contribution in [0.15, 0.2) is 24.4 Å². The molecule has 0 radical (unpaired) electrons. The highest BCUT2D eigenvalue weighted by atomic mass is 19.4. The molecule has 2 aliphatic rings. The standard InChI is InChI=1S/C17H19F3N4O/c1-16(2,23-14(25)12-9-7-21-8-10(9)12)15-22-13(17(18,19)20)11-5-3-4-6-24(11)15/h3-6,9-10,12,21H,7-8H2,1-2H3,(H,23,25)/t9-,10?,12+/m1/s1. The summed E-state index contributed by atoms with van der Waals surface area (Å²) in [6, 6.07) is 4.57. The zero-order valence-corrected chi connectivity index (χ0v) is 13.9. The van der Waals surface area contributed by atoms with Crippen LogP contribution in [0.2, 0.25) is 0 Å². The van der Waals surface area contributed by atoms with E-state index in [4.69, 9.17) is 0 Å². The van der Waals surface area contributed by atoms with Crippen LogP contribution in [0, 0.1) is 17.8 Å². The maximum absolute atomic E-state index is 13.3. The van der Waals surface area contributed by atoms with Crippen molar-refractivity contribution in [2.24, 2.45) is 17.8 Å². The van der Waals surface area contributed by atoms with Gasteiger partial charge in [0.15, 0.2) is 5.69 Å². The molecule has 2 N–H and O–H groups in total. The van der Waals surface area contributed by atoms with Gasteiger partial charge >= 0.3 is 6.18 Å². The lowest BCUT2D eigenvalue weighted by Gasteiger charge is -2.25. The quantitative estimate of drug-likeness (QED) is 0.890. The number of nitrogens with zero attached hydrogens (tertiary/aromatic N) is 2. The van der Waals surface area contributed by atoms with E-state index in [-0.39, 0.29) is 23.2 Å². The lowest BCUT2D eigenvalue weighted by Crippen LogP contribution is -2.44. The van der Waals surface area contributed by atoms with Gasteiger partial charge in [0.2, 0.25) is 5.91 Å². The van der Waals surface area contributed by atoms with E-state index in [0.29, 0.717) is 11.8 Å². The molecular formula is C17H19F3N4O. The van der Waals surface area contributed by atoms with E-state index in [1.54, 1.807) is 26.0 Å². The van der Waals surface area contributed by atoms with Crippen molar-refractivity contribution < 1.29 is 18.0 Å². The van der Waals surface area contributed by atoms with Crippen LogP contribution < -0.4 is 10.6 Å². The molecule has 1 aliphatic heterocycles. The minimum Gasteiger partial charge on any atom is -0.344 e. The largest absolute Gasteiger partial charge is 0.435 e. The van der Waals surface area contributed by atoms with Crippen LogP contribution in [0.1, 0.15) is 25.4 Å². The summed E-state index contributed by atoms with van der Waals surface area (Å²) in [7, 11) is 0. The Kier molecular flexibility index (Phi) is 3.41. The highest BCUT2D eigenvalue weighted by molar-refractivity contribution is 5.83. The van der Waals surface area contributed by atoms with Crippen LogP contribution in [-0.4, -0.2) is 28.4 Å². The molecular weight excluding hydrogens is 333 g/mol. The molecule has 1 saturated carbocycles. The molecule has 134 valence electrons. The van der Waals surface area contributed by atoms with Gasteiger partial charge in [0, 0.05) is 12.1 Å². The zero-order chi connectivity index (χ0) is 18.0. The first kappa shape index (κ1) is 16.4. The third-order valence-electron chi connectivity index (χ3n) is 5.21. The number of hydrogen-bond donors (Lipinski definition) is 2. The van der Waals surface area contributed by atoms with Gasteiger partial charge in [-0.15, -0.1) is 0 Å². The number of aromatic nitrogens is 2. The maximum Gasteiger partial charge on any atom is 0.435 e. The predicted molar refractivity (Wildman–Crippen MR) is 84.7 cm³/mol. The van der Waals surface area contributed by atoms with Crippen LogP contribution in [-0.2, 0) is 16.5 Å². The van der Waals surface area contributed by atoms with Gasteiger partial charge < -0.3 is 15.0 Å². The number of hydrogen-bond acceptors (Lipinski definition) is 3. The number of alkyl halides is 3. The van der Waals surface area contributed by atoms with Crippen molar-refractivity contribution in [3.05, 3.63) is 35.9 Å². The Bertz CT molecular complexity index is 832. The molecule has 8 heteroatoms. The van der Waals surface area contributed by atoms with Crippen LogP contribution in [0.3, 0.4) is 0 Å². The third-order valence-corrected chi connectivity index (χ3v) is 5.21. The van der Waals surface area contributed by atoms with E-state index in [1.807, 2.05) is 0 Å². The molecule has 3 heterocycles. The Balaban J connectivity index is 1.67. The van der Waals surface area contributed by atoms with Crippen molar-refractivity contribution in [3.63, 3.8) is 0 Å². The van der Waals surface area contributed by atoms with E-state index >= 15 is 0 Å². The Labute approximate surface area is 142 Å². The fourth-order valence-corrected chi connectivity index (χ4v) is 3.94. The molecule has 0 spiro atoms. The summed E-state index contributed by atoms with van der Waals surface area (Å²) >= 11 is 0. The van der Waals surface area contributed by atoms with Crippen LogP contribution in [0.4, 0.5) is 13.2 Å². The van der Waals surface area contributed by atoms with Gasteiger partial charge in [0.1, 0.15) is 5.82 Å². The summed E-state index contributed by atoms with van der Waals surface area (Å²) in [6.07, 6.45) is -3.01. The summed E-state index contributed by atoms with van der Waals surface area (Å²) < 4.78 is 41.3. The highest BCUT2D eigenvalue weighted by Crippen LogP contribution is 2.49. The van der Waals surface area contributed by atoms with Crippen molar-refractivity contribution in [2.45, 2.75) is 25.6 Å². The summed E-state index contributed by atoms with van der Waals surface area (Å²) in [5.74, 6) is 0.710. The second-order valence-electron chi connectivity index (χ2n) is 7.36. The Hall–Kier alpha value is -2.09. The number of pyridine rings is 1. The number of halogens is 3. The van der Waals surface area contributed by atoms with Crippen molar-refractivity contribution in [3.8, 4) is 0 Å². The molecule has 0 aromatic carbocycles. The van der Waals surface area contributed by atoms with Gasteiger partial charge in [0.25, 0.3) is 0 Å². The molecule has 1 saturated heterocycles. The second-order valence-corrected chi connectivity index (χ2v) is 7.36. The molecule has 2 aromatic rings. The summed E-state index contributed by atoms with van der Waals surface area (Å²) in [5.41, 5.74) is -1.97. The minimum atomic E-state index is -4.55. The fraction of sp³-hybridized carbons (Fsp3) is 0.529. The number of piperidine rings is 1. The van der Waals surface area contributed by atoms with E-state index in [0.717, 1.165) is 13.1 Å². The molecule has 0 bridgehead atoms. The molecule has 5 nitrogen and oxygen atoms in total. The predicted octanol–water partition coefficient (Wildman–Crippen LogP) is 2.17. The zero-order valence-electron chi connectivity index (χ0n) is 13.9. The number of amides is 1. The topological polar surface area (TPSA) is 58.4 Å². The Morgan fingerprint density at radius 1 is 1.28 bits per heavy atom. The SMILES string of the molecule is CC(C)(NC(=O)[C@@H]1C2CNC[C@H]21)c1nc(C(F)(F)F)c2ccccn12. The lowest BCUT2D eigenvalue weighted by molar-refractivity contribution is -0.139. The van der Waals surface area contributed by atoms with Gasteiger partial charge in [-0.3, -0.25) is 4.79 Å². The molecule has 4 rings (SSSR count). The maximum atomic E-state index is 13.3. The first-order valence-corrected chi connectivity index (χ1v) is 8.27. The number of nitrogens with one attached hydrogen (secondary N) is 2. The van der Waals surface area contributed by atoms with Gasteiger partial charge in [-0.2, -0.15) is 13.2 Å². The van der Waals surface area contributed by atoms with E-state index in [9.17, 15) is 18.0 Å². The van der Waals surface area contributed by atoms with Gasteiger partial charge in [-0.1, -0.05) is 6.07 Å². The summed E-state index contributed by atoms with van der Waals surface area (Å²) in [5, 5.41) is 6.13. The van der Waals surface area contributed by atoms with Gasteiger partial charge in [-0.05, 0) is 50.9 Å². The molecule has 2 aromatic heterocycles. The van der Waals surface area contributed by atoms with Crippen molar-refractivity contribution in [1.82, 2.24) is 20.0 Å². The lowest BCUT2D eigenvalue weighted by atomic mass is 10.0. The molecule has 1 aliphatic carbocycles. The van der Waals surface area contributed by atoms with E-state index in [1.165, 1.54) is 16.7 Å². The monoisotopic (exact) mass is 352 g/mol. The van der Waals surface area contributed by atoms with Crippen molar-refractivity contribution >= 4 is 11.4 Å². The number of rotatable bonds is 3. The van der Waals surface area contributed by atoms with Crippen LogP contribution in [0.25, 0.3) is 5.52 Å². The summed E-state index contributed by atoms with van der Waals surface area (Å²) in [4.78, 5) is 16.4. The fourth-order valence-electron chi connectivity index (χ4n) is 3.94. The highest BCUT2D eigenvalue weighted by Gasteiger charge is 2.57. The van der Waals surface area contributed by atoms with E-state index < -0.39 is 17.4 Å². The smallest absolute Gasteiger partial charge is 0.344 e. The van der Waals surface area contributed by atoms with E-state index in [2.05, 4.69) is 15.6 Å². The first-order valence-electron chi connectivity index (χ1n) is 8.27. The number of fused-ring (bicyclic) bond motifs is 2. The van der Waals surface area contributed by atoms with Crippen molar-refractivity contribution in [1.29, 1.82) is 0 Å². The second kappa shape index (κ2) is 5.20. The average Bonchev–Trinajstić information content (AvgIpc) is 2.87. The van der Waals surface area contributed by atoms with Gasteiger partial charge in [-0.25, -0.2) is 4.98 Å².